The van der Waals surface area contributed by atoms with Crippen LogP contribution in [-0.2, 0) is 6.42 Å². The summed E-state index contributed by atoms with van der Waals surface area (Å²) in [6, 6.07) is -1.73. The molecule has 0 aliphatic heterocycles. The van der Waals surface area contributed by atoms with E-state index in [0.29, 0.717) is 5.01 Å². The number of hydrogen-bond acceptors (Lipinski definition) is 4. The number of aromatic nitrogens is 1. The molecule has 0 radical (unpaired) electrons. The highest BCUT2D eigenvalue weighted by atomic mass is 32.1. The lowest BCUT2D eigenvalue weighted by Gasteiger charge is -2.17. The third kappa shape index (κ3) is 3.15. The molecular formula is C8H12F3N3S. The topological polar surface area (TPSA) is 50.9 Å². The molecule has 7 heteroatoms. The fourth-order valence-corrected chi connectivity index (χ4v) is 2.05. The molecule has 3 N–H and O–H groups in total. The molecule has 1 aromatic rings. The average Bonchev–Trinajstić information content (AvgIpc) is 2.40. The van der Waals surface area contributed by atoms with Crippen LogP contribution in [0.25, 0.3) is 0 Å². The standard InChI is InChI=1S/C8H12F3N3S/c1-4-5(2)15-7(13-4)3-6(14-12)8(9,10)11/h6,14H,3,12H2,1-2H3. The van der Waals surface area contributed by atoms with Gasteiger partial charge >= 0.3 is 6.18 Å². The lowest BCUT2D eigenvalue weighted by Crippen LogP contribution is -2.47. The Morgan fingerprint density at radius 2 is 2.07 bits per heavy atom. The average molecular weight is 239 g/mol. The molecule has 1 unspecified atom stereocenters. The molecule has 1 atom stereocenters. The fourth-order valence-electron chi connectivity index (χ4n) is 1.07. The first kappa shape index (κ1) is 12.4. The Morgan fingerprint density at radius 3 is 2.40 bits per heavy atom. The van der Waals surface area contributed by atoms with E-state index in [-0.39, 0.29) is 6.42 Å². The quantitative estimate of drug-likeness (QED) is 0.623. The van der Waals surface area contributed by atoms with E-state index in [4.69, 9.17) is 5.84 Å². The highest BCUT2D eigenvalue weighted by Gasteiger charge is 2.39. The second-order valence-corrected chi connectivity index (χ2v) is 4.50. The molecule has 1 heterocycles. The van der Waals surface area contributed by atoms with Crippen LogP contribution in [-0.4, -0.2) is 17.2 Å². The van der Waals surface area contributed by atoms with Crippen LogP contribution in [0.2, 0.25) is 0 Å². The van der Waals surface area contributed by atoms with Crippen LogP contribution in [0.3, 0.4) is 0 Å². The minimum Gasteiger partial charge on any atom is -0.271 e. The van der Waals surface area contributed by atoms with Gasteiger partial charge in [-0.25, -0.2) is 10.4 Å². The fraction of sp³-hybridized carbons (Fsp3) is 0.625. The van der Waals surface area contributed by atoms with Crippen molar-refractivity contribution < 1.29 is 13.2 Å². The van der Waals surface area contributed by atoms with Crippen molar-refractivity contribution in [3.05, 3.63) is 15.6 Å². The van der Waals surface area contributed by atoms with Gasteiger partial charge in [-0.1, -0.05) is 0 Å². The normalized spacial score (nSPS) is 14.3. The molecule has 15 heavy (non-hydrogen) atoms. The molecule has 86 valence electrons. The number of halogens is 3. The number of nitrogens with zero attached hydrogens (tertiary/aromatic N) is 1. The van der Waals surface area contributed by atoms with Crippen molar-refractivity contribution >= 4 is 11.3 Å². The molecule has 0 saturated heterocycles. The van der Waals surface area contributed by atoms with Crippen LogP contribution < -0.4 is 11.3 Å². The summed E-state index contributed by atoms with van der Waals surface area (Å²) >= 11 is 1.27. The third-order valence-corrected chi connectivity index (χ3v) is 3.14. The van der Waals surface area contributed by atoms with E-state index in [1.807, 2.05) is 6.92 Å². The minimum absolute atomic E-state index is 0.223. The molecule has 0 saturated carbocycles. The van der Waals surface area contributed by atoms with Gasteiger partial charge in [-0.3, -0.25) is 5.84 Å². The van der Waals surface area contributed by atoms with Crippen LogP contribution in [0.15, 0.2) is 0 Å². The molecule has 0 spiro atoms. The SMILES string of the molecule is Cc1nc(CC(NN)C(F)(F)F)sc1C. The number of aryl methyl sites for hydroxylation is 2. The zero-order valence-electron chi connectivity index (χ0n) is 8.35. The summed E-state index contributed by atoms with van der Waals surface area (Å²) in [7, 11) is 0. The number of nitrogens with one attached hydrogen (secondary N) is 1. The van der Waals surface area contributed by atoms with Crippen molar-refractivity contribution in [2.45, 2.75) is 32.5 Å². The molecule has 1 aromatic heterocycles. The van der Waals surface area contributed by atoms with E-state index >= 15 is 0 Å². The number of alkyl halides is 3. The van der Waals surface area contributed by atoms with Crippen molar-refractivity contribution in [1.82, 2.24) is 10.4 Å². The lowest BCUT2D eigenvalue weighted by molar-refractivity contribution is -0.155. The largest absolute Gasteiger partial charge is 0.405 e. The summed E-state index contributed by atoms with van der Waals surface area (Å²) in [5.74, 6) is 4.86. The number of nitrogens with two attached hydrogens (primary N) is 1. The van der Waals surface area contributed by atoms with Gasteiger partial charge in [0.25, 0.3) is 0 Å². The summed E-state index contributed by atoms with van der Waals surface area (Å²) in [6.45, 7) is 3.60. The van der Waals surface area contributed by atoms with Crippen LogP contribution in [0.4, 0.5) is 13.2 Å². The molecule has 0 bridgehead atoms. The van der Waals surface area contributed by atoms with Gasteiger partial charge in [0.05, 0.1) is 10.7 Å². The highest BCUT2D eigenvalue weighted by molar-refractivity contribution is 7.11. The second-order valence-electron chi connectivity index (χ2n) is 3.21. The van der Waals surface area contributed by atoms with Gasteiger partial charge in [0.15, 0.2) is 0 Å². The van der Waals surface area contributed by atoms with Gasteiger partial charge in [0.1, 0.15) is 6.04 Å². The Morgan fingerprint density at radius 1 is 1.47 bits per heavy atom. The lowest BCUT2D eigenvalue weighted by atomic mass is 10.2. The number of hydrogen-bond donors (Lipinski definition) is 2. The highest BCUT2D eigenvalue weighted by Crippen LogP contribution is 2.25. The van der Waals surface area contributed by atoms with E-state index in [0.717, 1.165) is 10.6 Å². The van der Waals surface area contributed by atoms with Crippen molar-refractivity contribution in [2.75, 3.05) is 0 Å². The molecule has 0 fully saturated rings. The first-order valence-electron chi connectivity index (χ1n) is 4.30. The van der Waals surface area contributed by atoms with Gasteiger partial charge in [-0.05, 0) is 13.8 Å². The van der Waals surface area contributed by atoms with Crippen LogP contribution in [0.5, 0.6) is 0 Å². The number of thiazole rings is 1. The van der Waals surface area contributed by atoms with E-state index in [1.54, 1.807) is 12.3 Å². The van der Waals surface area contributed by atoms with E-state index in [2.05, 4.69) is 4.98 Å². The summed E-state index contributed by atoms with van der Waals surface area (Å²) in [4.78, 5) is 4.97. The maximum Gasteiger partial charge on any atom is 0.405 e. The summed E-state index contributed by atoms with van der Waals surface area (Å²) in [6.07, 6.45) is -4.57. The maximum absolute atomic E-state index is 12.3. The van der Waals surface area contributed by atoms with E-state index in [9.17, 15) is 13.2 Å². The molecule has 3 nitrogen and oxygen atoms in total. The first-order chi connectivity index (χ1) is 6.84. The number of hydrazine groups is 1. The summed E-state index contributed by atoms with van der Waals surface area (Å²) in [5, 5.41) is 0.449. The van der Waals surface area contributed by atoms with Gasteiger partial charge in [0.2, 0.25) is 0 Å². The summed E-state index contributed by atoms with van der Waals surface area (Å²) in [5.41, 5.74) is 2.53. The molecule has 0 aliphatic rings. The Labute approximate surface area is 89.5 Å². The van der Waals surface area contributed by atoms with Crippen molar-refractivity contribution in [1.29, 1.82) is 0 Å². The van der Waals surface area contributed by atoms with Crippen molar-refractivity contribution in [2.24, 2.45) is 5.84 Å². The third-order valence-electron chi connectivity index (χ3n) is 2.05. The van der Waals surface area contributed by atoms with Gasteiger partial charge in [-0.15, -0.1) is 11.3 Å². The minimum atomic E-state index is -4.35. The molecule has 0 aromatic carbocycles. The molecule has 1 rings (SSSR count). The number of rotatable bonds is 3. The molecule has 0 aliphatic carbocycles. The molecule has 0 amide bonds. The van der Waals surface area contributed by atoms with Crippen LogP contribution >= 0.6 is 11.3 Å². The Kier molecular flexibility index (Phi) is 3.69. The predicted octanol–water partition coefficient (Wildman–Crippen LogP) is 1.70. The Balaban J connectivity index is 2.75. The zero-order valence-corrected chi connectivity index (χ0v) is 9.17. The summed E-state index contributed by atoms with van der Waals surface area (Å²) < 4.78 is 37.0. The Hall–Kier alpha value is -0.660. The van der Waals surface area contributed by atoms with Gasteiger partial charge in [-0.2, -0.15) is 13.2 Å². The maximum atomic E-state index is 12.3. The second kappa shape index (κ2) is 4.46. The van der Waals surface area contributed by atoms with E-state index in [1.165, 1.54) is 11.3 Å². The van der Waals surface area contributed by atoms with Gasteiger partial charge in [0, 0.05) is 11.3 Å². The molecular weight excluding hydrogens is 227 g/mol. The zero-order chi connectivity index (χ0) is 11.6. The smallest absolute Gasteiger partial charge is 0.271 e. The van der Waals surface area contributed by atoms with Crippen LogP contribution in [0.1, 0.15) is 15.6 Å². The van der Waals surface area contributed by atoms with E-state index < -0.39 is 12.2 Å². The van der Waals surface area contributed by atoms with Crippen molar-refractivity contribution in [3.8, 4) is 0 Å². The predicted molar refractivity (Wildman–Crippen MR) is 52.5 cm³/mol. The van der Waals surface area contributed by atoms with Crippen molar-refractivity contribution in [3.63, 3.8) is 0 Å². The monoisotopic (exact) mass is 239 g/mol. The van der Waals surface area contributed by atoms with Gasteiger partial charge < -0.3 is 0 Å². The first-order valence-corrected chi connectivity index (χ1v) is 5.12. The van der Waals surface area contributed by atoms with Crippen LogP contribution in [0, 0.1) is 13.8 Å². The Bertz CT molecular complexity index is 315.